The lowest BCUT2D eigenvalue weighted by molar-refractivity contribution is 0.322. The van der Waals surface area contributed by atoms with Gasteiger partial charge in [0.1, 0.15) is 0 Å². The summed E-state index contributed by atoms with van der Waals surface area (Å²) in [6, 6.07) is 8.93. The Hall–Kier alpha value is -1.13. The Labute approximate surface area is 101 Å². The first-order valence-electron chi connectivity index (χ1n) is 5.71. The smallest absolute Gasteiger partial charge is 0.174 e. The largest absolute Gasteiger partial charge is 0.340 e. The Balaban J connectivity index is 1.86. The van der Waals surface area contributed by atoms with Crippen LogP contribution in [-0.2, 0) is 6.54 Å². The van der Waals surface area contributed by atoms with Crippen molar-refractivity contribution in [3.63, 3.8) is 0 Å². The number of benzene rings is 1. The van der Waals surface area contributed by atoms with Gasteiger partial charge in [-0.05, 0) is 36.8 Å². The van der Waals surface area contributed by atoms with Crippen LogP contribution in [0.25, 0.3) is 0 Å². The highest BCUT2D eigenvalue weighted by atomic mass is 32.1. The molecule has 0 aliphatic carbocycles. The van der Waals surface area contributed by atoms with E-state index in [-0.39, 0.29) is 0 Å². The van der Waals surface area contributed by atoms with Crippen molar-refractivity contribution in [2.45, 2.75) is 19.0 Å². The molecule has 2 aliphatic rings. The highest BCUT2D eigenvalue weighted by Gasteiger charge is 2.28. The molecule has 2 N–H and O–H groups in total. The second kappa shape index (κ2) is 4.03. The number of para-hydroxylation sites is 1. The molecule has 0 unspecified atom stereocenters. The maximum atomic E-state index is 5.43. The third-order valence-electron chi connectivity index (χ3n) is 3.34. The number of anilines is 1. The molecule has 0 spiro atoms. The van der Waals surface area contributed by atoms with Crippen molar-refractivity contribution in [2.75, 3.05) is 18.4 Å². The summed E-state index contributed by atoms with van der Waals surface area (Å²) in [7, 11) is 0. The minimum Gasteiger partial charge on any atom is -0.340 e. The summed E-state index contributed by atoms with van der Waals surface area (Å²) in [5, 5.41) is 7.57. The van der Waals surface area contributed by atoms with E-state index in [9.17, 15) is 0 Å². The van der Waals surface area contributed by atoms with Gasteiger partial charge in [0.15, 0.2) is 5.11 Å². The maximum Gasteiger partial charge on any atom is 0.174 e. The summed E-state index contributed by atoms with van der Waals surface area (Å²) < 4.78 is 0. The van der Waals surface area contributed by atoms with Gasteiger partial charge in [0.25, 0.3) is 0 Å². The molecular formula is C12H15N3S. The predicted octanol–water partition coefficient (Wildman–Crippen LogP) is 1.56. The Morgan fingerprint density at radius 2 is 2.19 bits per heavy atom. The van der Waals surface area contributed by atoms with Gasteiger partial charge in [-0.3, -0.25) is 0 Å². The van der Waals surface area contributed by atoms with E-state index >= 15 is 0 Å². The zero-order valence-corrected chi connectivity index (χ0v) is 9.89. The quantitative estimate of drug-likeness (QED) is 0.720. The van der Waals surface area contributed by atoms with Gasteiger partial charge >= 0.3 is 0 Å². The third kappa shape index (κ3) is 1.68. The minimum absolute atomic E-state index is 0.549. The lowest BCUT2D eigenvalue weighted by atomic mass is 10.1. The van der Waals surface area contributed by atoms with Gasteiger partial charge in [-0.25, -0.2) is 0 Å². The Morgan fingerprint density at radius 1 is 1.31 bits per heavy atom. The average molecular weight is 233 g/mol. The van der Waals surface area contributed by atoms with Gasteiger partial charge in [0.05, 0.1) is 0 Å². The van der Waals surface area contributed by atoms with Crippen molar-refractivity contribution in [2.24, 2.45) is 0 Å². The van der Waals surface area contributed by atoms with Crippen molar-refractivity contribution < 1.29 is 0 Å². The Morgan fingerprint density at radius 3 is 3.00 bits per heavy atom. The molecular weight excluding hydrogens is 218 g/mol. The van der Waals surface area contributed by atoms with E-state index in [2.05, 4.69) is 33.7 Å². The number of thiocarbonyl (C=S) groups is 1. The van der Waals surface area contributed by atoms with E-state index in [0.717, 1.165) is 30.4 Å². The molecule has 2 heterocycles. The molecule has 84 valence electrons. The summed E-state index contributed by atoms with van der Waals surface area (Å²) in [5.74, 6) is 0. The van der Waals surface area contributed by atoms with Crippen LogP contribution < -0.4 is 10.6 Å². The van der Waals surface area contributed by atoms with E-state index in [1.807, 2.05) is 6.07 Å². The second-order valence-electron chi connectivity index (χ2n) is 4.36. The zero-order valence-electron chi connectivity index (χ0n) is 9.07. The molecule has 16 heavy (non-hydrogen) atoms. The SMILES string of the molecule is S=C1Nc2ccccc2CN1[C@@H]1CCNC1. The molecule has 1 saturated heterocycles. The van der Waals surface area contributed by atoms with Crippen LogP contribution in [-0.4, -0.2) is 29.1 Å². The summed E-state index contributed by atoms with van der Waals surface area (Å²) in [6.45, 7) is 3.09. The Bertz CT molecular complexity index is 412. The number of hydrogen-bond donors (Lipinski definition) is 2. The topological polar surface area (TPSA) is 27.3 Å². The fraction of sp³-hybridized carbons (Fsp3) is 0.417. The summed E-state index contributed by atoms with van der Waals surface area (Å²) >= 11 is 5.43. The zero-order chi connectivity index (χ0) is 11.0. The van der Waals surface area contributed by atoms with Crippen LogP contribution in [0.3, 0.4) is 0 Å². The van der Waals surface area contributed by atoms with Crippen molar-refractivity contribution in [1.82, 2.24) is 10.2 Å². The van der Waals surface area contributed by atoms with Gasteiger partial charge in [0.2, 0.25) is 0 Å². The highest BCUT2D eigenvalue weighted by Crippen LogP contribution is 2.25. The van der Waals surface area contributed by atoms with E-state index in [1.54, 1.807) is 0 Å². The average Bonchev–Trinajstić information content (AvgIpc) is 2.81. The lowest BCUT2D eigenvalue weighted by Crippen LogP contribution is -2.45. The highest BCUT2D eigenvalue weighted by molar-refractivity contribution is 7.80. The van der Waals surface area contributed by atoms with E-state index in [1.165, 1.54) is 12.0 Å². The number of rotatable bonds is 1. The summed E-state index contributed by atoms with van der Waals surface area (Å²) in [4.78, 5) is 2.30. The predicted molar refractivity (Wildman–Crippen MR) is 69.5 cm³/mol. The minimum atomic E-state index is 0.549. The van der Waals surface area contributed by atoms with Crippen molar-refractivity contribution in [3.05, 3.63) is 29.8 Å². The van der Waals surface area contributed by atoms with Crippen LogP contribution in [0.2, 0.25) is 0 Å². The standard InChI is InChI=1S/C12H15N3S/c16-12-14-11-4-2-1-3-9(11)8-15(12)10-5-6-13-7-10/h1-4,10,13H,5-8H2,(H,14,16)/t10-/m1/s1. The first-order chi connectivity index (χ1) is 7.84. The molecule has 1 aromatic carbocycles. The first-order valence-corrected chi connectivity index (χ1v) is 6.11. The number of nitrogens with zero attached hydrogens (tertiary/aromatic N) is 1. The molecule has 0 saturated carbocycles. The van der Waals surface area contributed by atoms with Crippen molar-refractivity contribution >= 4 is 23.0 Å². The van der Waals surface area contributed by atoms with Crippen LogP contribution in [0, 0.1) is 0 Å². The summed E-state index contributed by atoms with van der Waals surface area (Å²) in [6.07, 6.45) is 1.18. The first kappa shape index (κ1) is 10.1. The summed E-state index contributed by atoms with van der Waals surface area (Å²) in [5.41, 5.74) is 2.50. The molecule has 2 aliphatic heterocycles. The van der Waals surface area contributed by atoms with Gasteiger partial charge in [-0.2, -0.15) is 0 Å². The van der Waals surface area contributed by atoms with E-state index < -0.39 is 0 Å². The number of nitrogens with one attached hydrogen (secondary N) is 2. The fourth-order valence-corrected chi connectivity index (χ4v) is 2.75. The van der Waals surface area contributed by atoms with Crippen molar-refractivity contribution in [1.29, 1.82) is 0 Å². The van der Waals surface area contributed by atoms with Crippen molar-refractivity contribution in [3.8, 4) is 0 Å². The molecule has 0 radical (unpaired) electrons. The molecule has 0 aromatic heterocycles. The van der Waals surface area contributed by atoms with Gasteiger partial charge in [0, 0.05) is 24.8 Å². The van der Waals surface area contributed by atoms with Crippen LogP contribution in [0.1, 0.15) is 12.0 Å². The monoisotopic (exact) mass is 233 g/mol. The Kier molecular flexibility index (Phi) is 2.53. The lowest BCUT2D eigenvalue weighted by Gasteiger charge is -2.36. The number of fused-ring (bicyclic) bond motifs is 1. The van der Waals surface area contributed by atoms with Gasteiger partial charge in [-0.1, -0.05) is 18.2 Å². The maximum absolute atomic E-state index is 5.43. The third-order valence-corrected chi connectivity index (χ3v) is 3.67. The molecule has 1 fully saturated rings. The normalized spacial score (nSPS) is 24.1. The molecule has 4 heteroatoms. The van der Waals surface area contributed by atoms with Gasteiger partial charge in [-0.15, -0.1) is 0 Å². The number of hydrogen-bond acceptors (Lipinski definition) is 2. The molecule has 0 bridgehead atoms. The molecule has 3 rings (SSSR count). The molecule has 1 atom stereocenters. The second-order valence-corrected chi connectivity index (χ2v) is 4.75. The molecule has 0 amide bonds. The van der Waals surface area contributed by atoms with E-state index in [0.29, 0.717) is 6.04 Å². The van der Waals surface area contributed by atoms with Crippen LogP contribution in [0.4, 0.5) is 5.69 Å². The van der Waals surface area contributed by atoms with Crippen LogP contribution in [0.15, 0.2) is 24.3 Å². The van der Waals surface area contributed by atoms with Crippen LogP contribution in [0.5, 0.6) is 0 Å². The van der Waals surface area contributed by atoms with Crippen LogP contribution >= 0.6 is 12.2 Å². The molecule has 3 nitrogen and oxygen atoms in total. The van der Waals surface area contributed by atoms with E-state index in [4.69, 9.17) is 12.2 Å². The fourth-order valence-electron chi connectivity index (χ4n) is 2.42. The van der Waals surface area contributed by atoms with Gasteiger partial charge < -0.3 is 15.5 Å². The molecule has 1 aromatic rings.